The first-order valence-electron chi connectivity index (χ1n) is 8.83. The SMILES string of the molecule is O=C(c1ccc(-c2cscn2)cc1)N1CCCC1CN1CCCC1. The topological polar surface area (TPSA) is 36.4 Å². The molecule has 0 bridgehead atoms. The number of carbonyl (C=O) groups excluding carboxylic acids is 1. The van der Waals surface area contributed by atoms with Crippen molar-refractivity contribution in [3.8, 4) is 11.3 Å². The Kier molecular flexibility index (Phi) is 4.63. The maximum absolute atomic E-state index is 12.9. The largest absolute Gasteiger partial charge is 0.334 e. The number of carbonyl (C=O) groups is 1. The molecule has 1 amide bonds. The van der Waals surface area contributed by atoms with E-state index in [0.29, 0.717) is 6.04 Å². The van der Waals surface area contributed by atoms with Crippen molar-refractivity contribution in [2.45, 2.75) is 31.7 Å². The third-order valence-corrected chi connectivity index (χ3v) is 5.75. The van der Waals surface area contributed by atoms with Gasteiger partial charge in [0.2, 0.25) is 0 Å². The van der Waals surface area contributed by atoms with E-state index < -0.39 is 0 Å². The molecule has 4 nitrogen and oxygen atoms in total. The quantitative estimate of drug-likeness (QED) is 0.854. The lowest BCUT2D eigenvalue weighted by atomic mass is 10.1. The second-order valence-corrected chi connectivity index (χ2v) is 7.47. The van der Waals surface area contributed by atoms with E-state index in [9.17, 15) is 4.79 Å². The van der Waals surface area contributed by atoms with Crippen LogP contribution in [0, 0.1) is 0 Å². The Morgan fingerprint density at radius 1 is 1.12 bits per heavy atom. The van der Waals surface area contributed by atoms with Crippen LogP contribution in [0.4, 0.5) is 0 Å². The van der Waals surface area contributed by atoms with Crippen LogP contribution >= 0.6 is 11.3 Å². The van der Waals surface area contributed by atoms with Crippen LogP contribution in [-0.4, -0.2) is 52.9 Å². The lowest BCUT2D eigenvalue weighted by molar-refractivity contribution is 0.0709. The highest BCUT2D eigenvalue weighted by atomic mass is 32.1. The first kappa shape index (κ1) is 15.8. The zero-order chi connectivity index (χ0) is 16.4. The molecule has 2 aliphatic heterocycles. The summed E-state index contributed by atoms with van der Waals surface area (Å²) in [6.07, 6.45) is 4.87. The van der Waals surface area contributed by atoms with E-state index in [2.05, 4.69) is 14.8 Å². The highest BCUT2D eigenvalue weighted by Crippen LogP contribution is 2.24. The minimum absolute atomic E-state index is 0.182. The first-order chi connectivity index (χ1) is 11.8. The highest BCUT2D eigenvalue weighted by Gasteiger charge is 2.31. The van der Waals surface area contributed by atoms with Gasteiger partial charge in [0.25, 0.3) is 5.91 Å². The van der Waals surface area contributed by atoms with Gasteiger partial charge in [-0.25, -0.2) is 4.98 Å². The standard InChI is InChI=1S/C19H23N3OS/c23-19(16-7-5-15(6-8-16)18-13-24-14-20-18)22-11-3-4-17(22)12-21-9-1-2-10-21/h5-8,13-14,17H,1-4,9-12H2. The van der Waals surface area contributed by atoms with Crippen molar-refractivity contribution >= 4 is 17.2 Å². The van der Waals surface area contributed by atoms with Crippen molar-refractivity contribution in [2.75, 3.05) is 26.2 Å². The number of thiazole rings is 1. The number of rotatable bonds is 4. The maximum Gasteiger partial charge on any atom is 0.254 e. The number of hydrogen-bond acceptors (Lipinski definition) is 4. The van der Waals surface area contributed by atoms with E-state index in [1.807, 2.05) is 35.2 Å². The van der Waals surface area contributed by atoms with Crippen molar-refractivity contribution in [1.29, 1.82) is 0 Å². The van der Waals surface area contributed by atoms with E-state index in [4.69, 9.17) is 0 Å². The summed E-state index contributed by atoms with van der Waals surface area (Å²) >= 11 is 1.59. The highest BCUT2D eigenvalue weighted by molar-refractivity contribution is 7.07. The summed E-state index contributed by atoms with van der Waals surface area (Å²) in [5, 5.41) is 2.03. The van der Waals surface area contributed by atoms with Gasteiger partial charge < -0.3 is 9.80 Å². The lowest BCUT2D eigenvalue weighted by Crippen LogP contribution is -2.42. The molecule has 0 aliphatic carbocycles. The predicted octanol–water partition coefficient (Wildman–Crippen LogP) is 3.51. The molecule has 0 radical (unpaired) electrons. The fourth-order valence-electron chi connectivity index (χ4n) is 3.86. The van der Waals surface area contributed by atoms with Crippen molar-refractivity contribution in [2.24, 2.45) is 0 Å². The summed E-state index contributed by atoms with van der Waals surface area (Å²) in [6, 6.07) is 8.29. The molecule has 2 aliphatic rings. The maximum atomic E-state index is 12.9. The number of amides is 1. The van der Waals surface area contributed by atoms with Gasteiger partial charge in [-0.3, -0.25) is 4.79 Å². The molecule has 3 heterocycles. The Morgan fingerprint density at radius 3 is 2.62 bits per heavy atom. The van der Waals surface area contributed by atoms with Crippen LogP contribution in [0.3, 0.4) is 0 Å². The molecular weight excluding hydrogens is 318 g/mol. The van der Waals surface area contributed by atoms with E-state index in [1.165, 1.54) is 25.9 Å². The summed E-state index contributed by atoms with van der Waals surface area (Å²) in [5.41, 5.74) is 4.68. The molecule has 1 aromatic carbocycles. The molecule has 24 heavy (non-hydrogen) atoms. The van der Waals surface area contributed by atoms with E-state index in [1.54, 1.807) is 11.3 Å². The predicted molar refractivity (Wildman–Crippen MR) is 97.3 cm³/mol. The monoisotopic (exact) mass is 341 g/mol. The van der Waals surface area contributed by atoms with Crippen molar-refractivity contribution in [3.05, 3.63) is 40.7 Å². The van der Waals surface area contributed by atoms with Gasteiger partial charge in [0.05, 0.1) is 11.2 Å². The van der Waals surface area contributed by atoms with Crippen molar-refractivity contribution in [1.82, 2.24) is 14.8 Å². The molecule has 5 heteroatoms. The summed E-state index contributed by atoms with van der Waals surface area (Å²) in [6.45, 7) is 4.33. The fourth-order valence-corrected chi connectivity index (χ4v) is 4.42. The molecular formula is C19H23N3OS. The molecule has 0 N–H and O–H groups in total. The molecule has 4 rings (SSSR count). The zero-order valence-electron chi connectivity index (χ0n) is 13.9. The van der Waals surface area contributed by atoms with E-state index in [-0.39, 0.29) is 5.91 Å². The molecule has 2 fully saturated rings. The van der Waals surface area contributed by atoms with Crippen LogP contribution in [0.25, 0.3) is 11.3 Å². The summed E-state index contributed by atoms with van der Waals surface area (Å²) < 4.78 is 0. The number of likely N-dealkylation sites (tertiary alicyclic amines) is 2. The third-order valence-electron chi connectivity index (χ3n) is 5.17. The second-order valence-electron chi connectivity index (χ2n) is 6.75. The number of hydrogen-bond donors (Lipinski definition) is 0. The van der Waals surface area contributed by atoms with Gasteiger partial charge >= 0.3 is 0 Å². The average Bonchev–Trinajstić information content (AvgIpc) is 3.37. The van der Waals surface area contributed by atoms with Crippen LogP contribution in [0.5, 0.6) is 0 Å². The number of aromatic nitrogens is 1. The smallest absolute Gasteiger partial charge is 0.254 e. The Balaban J connectivity index is 1.45. The normalized spacial score (nSPS) is 21.5. The van der Waals surface area contributed by atoms with Gasteiger partial charge in [-0.2, -0.15) is 0 Å². The van der Waals surface area contributed by atoms with Gasteiger partial charge in [-0.1, -0.05) is 12.1 Å². The average molecular weight is 341 g/mol. The summed E-state index contributed by atoms with van der Waals surface area (Å²) in [4.78, 5) is 21.9. The lowest BCUT2D eigenvalue weighted by Gasteiger charge is -2.28. The Hall–Kier alpha value is -1.72. The van der Waals surface area contributed by atoms with Gasteiger partial charge in [0, 0.05) is 35.6 Å². The van der Waals surface area contributed by atoms with Gasteiger partial charge in [-0.15, -0.1) is 11.3 Å². The Morgan fingerprint density at radius 2 is 1.92 bits per heavy atom. The van der Waals surface area contributed by atoms with Crippen molar-refractivity contribution in [3.63, 3.8) is 0 Å². The molecule has 0 saturated carbocycles. The number of nitrogens with zero attached hydrogens (tertiary/aromatic N) is 3. The Labute approximate surface area is 147 Å². The van der Waals surface area contributed by atoms with Crippen molar-refractivity contribution < 1.29 is 4.79 Å². The van der Waals surface area contributed by atoms with Gasteiger partial charge in [-0.05, 0) is 50.9 Å². The first-order valence-corrected chi connectivity index (χ1v) is 9.77. The van der Waals surface area contributed by atoms with Gasteiger partial charge in [0.1, 0.15) is 0 Å². The van der Waals surface area contributed by atoms with Crippen LogP contribution in [0.1, 0.15) is 36.0 Å². The molecule has 126 valence electrons. The minimum Gasteiger partial charge on any atom is -0.334 e. The van der Waals surface area contributed by atoms with Crippen LogP contribution < -0.4 is 0 Å². The molecule has 1 atom stereocenters. The minimum atomic E-state index is 0.182. The molecule has 0 spiro atoms. The van der Waals surface area contributed by atoms with Crippen LogP contribution in [-0.2, 0) is 0 Å². The van der Waals surface area contributed by atoms with Gasteiger partial charge in [0.15, 0.2) is 0 Å². The third kappa shape index (κ3) is 3.23. The van der Waals surface area contributed by atoms with E-state index >= 15 is 0 Å². The second kappa shape index (κ2) is 7.03. The fraction of sp³-hybridized carbons (Fsp3) is 0.474. The van der Waals surface area contributed by atoms with E-state index in [0.717, 1.165) is 42.8 Å². The summed E-state index contributed by atoms with van der Waals surface area (Å²) in [7, 11) is 0. The number of benzene rings is 1. The zero-order valence-corrected chi connectivity index (χ0v) is 14.7. The van der Waals surface area contributed by atoms with Crippen LogP contribution in [0.15, 0.2) is 35.2 Å². The Bertz CT molecular complexity index is 677. The molecule has 2 saturated heterocycles. The molecule has 2 aromatic rings. The molecule has 1 aromatic heterocycles. The summed E-state index contributed by atoms with van der Waals surface area (Å²) in [5.74, 6) is 0.182. The molecule has 1 unspecified atom stereocenters. The van der Waals surface area contributed by atoms with Crippen LogP contribution in [0.2, 0.25) is 0 Å².